The molecule has 3 rings (SSSR count). The Hall–Kier alpha value is -4.05. The summed E-state index contributed by atoms with van der Waals surface area (Å²) in [6.45, 7) is 1.13. The van der Waals surface area contributed by atoms with Crippen LogP contribution < -0.4 is 19.1 Å². The molecule has 0 heterocycles. The summed E-state index contributed by atoms with van der Waals surface area (Å²) in [7, 11) is 0.0451. The average molecular weight is 499 g/mol. The van der Waals surface area contributed by atoms with E-state index < -0.39 is 28.4 Å². The Kier molecular flexibility index (Phi) is 7.98. The molecule has 1 amide bonds. The zero-order chi connectivity index (χ0) is 25.6. The summed E-state index contributed by atoms with van der Waals surface area (Å²) in [5, 5.41) is 2.70. The van der Waals surface area contributed by atoms with Crippen LogP contribution in [0.2, 0.25) is 0 Å². The van der Waals surface area contributed by atoms with Gasteiger partial charge >= 0.3 is 5.97 Å². The molecule has 3 aromatic carbocycles. The average Bonchev–Trinajstić information content (AvgIpc) is 2.88. The van der Waals surface area contributed by atoms with Gasteiger partial charge in [-0.1, -0.05) is 24.3 Å². The molecule has 10 heteroatoms. The molecule has 0 unspecified atom stereocenters. The van der Waals surface area contributed by atoms with Crippen molar-refractivity contribution in [1.29, 1.82) is 0 Å². The minimum Gasteiger partial charge on any atom is -0.493 e. The molecule has 1 N–H and O–H groups in total. The van der Waals surface area contributed by atoms with E-state index in [-0.39, 0.29) is 10.6 Å². The molecule has 0 bridgehead atoms. The Morgan fingerprint density at radius 1 is 0.886 bits per heavy atom. The number of ether oxygens (including phenoxy) is 3. The lowest BCUT2D eigenvalue weighted by Gasteiger charge is -2.25. The van der Waals surface area contributed by atoms with Crippen molar-refractivity contribution in [2.45, 2.75) is 11.8 Å². The summed E-state index contributed by atoms with van der Waals surface area (Å²) in [4.78, 5) is 25.1. The number of rotatable bonds is 9. The molecular formula is C25H26N2O7S. The van der Waals surface area contributed by atoms with Gasteiger partial charge < -0.3 is 19.5 Å². The molecule has 0 saturated carbocycles. The summed E-state index contributed by atoms with van der Waals surface area (Å²) in [6, 6.07) is 17.2. The highest BCUT2D eigenvalue weighted by Crippen LogP contribution is 2.34. The van der Waals surface area contributed by atoms with Crippen LogP contribution in [0.1, 0.15) is 15.9 Å². The van der Waals surface area contributed by atoms with Gasteiger partial charge in [0.15, 0.2) is 11.5 Å². The van der Waals surface area contributed by atoms with Crippen LogP contribution in [-0.2, 0) is 19.6 Å². The van der Waals surface area contributed by atoms with Crippen LogP contribution in [0.15, 0.2) is 71.6 Å². The molecule has 0 aromatic heterocycles. The summed E-state index contributed by atoms with van der Waals surface area (Å²) in [5.74, 6) is -0.435. The maximum atomic E-state index is 13.5. The van der Waals surface area contributed by atoms with E-state index in [9.17, 15) is 18.0 Å². The predicted molar refractivity (Wildman–Crippen MR) is 132 cm³/mol. The zero-order valence-electron chi connectivity index (χ0n) is 19.8. The number of sulfonamides is 1. The Bertz CT molecular complexity index is 1320. The summed E-state index contributed by atoms with van der Waals surface area (Å²) < 4.78 is 43.4. The van der Waals surface area contributed by atoms with Crippen LogP contribution in [0.5, 0.6) is 11.5 Å². The number of benzene rings is 3. The Morgan fingerprint density at radius 3 is 2.20 bits per heavy atom. The smallest absolute Gasteiger partial charge is 0.338 e. The van der Waals surface area contributed by atoms with E-state index >= 15 is 0 Å². The maximum absolute atomic E-state index is 13.5. The fraction of sp³-hybridized carbons (Fsp3) is 0.200. The number of anilines is 2. The van der Waals surface area contributed by atoms with Crippen molar-refractivity contribution >= 4 is 33.3 Å². The van der Waals surface area contributed by atoms with E-state index in [0.29, 0.717) is 28.3 Å². The lowest BCUT2D eigenvalue weighted by Crippen LogP contribution is -2.38. The first-order valence-electron chi connectivity index (χ1n) is 10.5. The van der Waals surface area contributed by atoms with Crippen LogP contribution in [-0.4, -0.2) is 48.2 Å². The number of hydrogen-bond donors (Lipinski definition) is 1. The van der Waals surface area contributed by atoms with E-state index in [0.717, 1.165) is 4.31 Å². The third-order valence-corrected chi connectivity index (χ3v) is 7.07. The molecule has 0 atom stereocenters. The van der Waals surface area contributed by atoms with Gasteiger partial charge in [0.05, 0.1) is 37.5 Å². The van der Waals surface area contributed by atoms with E-state index in [4.69, 9.17) is 14.2 Å². The first kappa shape index (κ1) is 25.6. The molecule has 35 heavy (non-hydrogen) atoms. The van der Waals surface area contributed by atoms with Gasteiger partial charge in [-0.05, 0) is 48.9 Å². The van der Waals surface area contributed by atoms with Crippen molar-refractivity contribution in [2.24, 2.45) is 0 Å². The van der Waals surface area contributed by atoms with Crippen molar-refractivity contribution in [3.8, 4) is 11.5 Å². The van der Waals surface area contributed by atoms with Crippen LogP contribution in [0.25, 0.3) is 0 Å². The van der Waals surface area contributed by atoms with Gasteiger partial charge in [0, 0.05) is 11.8 Å². The quantitative estimate of drug-likeness (QED) is 0.449. The molecule has 184 valence electrons. The highest BCUT2D eigenvalue weighted by molar-refractivity contribution is 7.92. The Balaban J connectivity index is 2.00. The second-order valence-corrected chi connectivity index (χ2v) is 9.24. The lowest BCUT2D eigenvalue weighted by atomic mass is 10.1. The number of carbonyl (C=O) groups excluding carboxylic acids is 2. The number of nitrogens with zero attached hydrogens (tertiary/aromatic N) is 1. The number of amides is 1. The summed E-state index contributed by atoms with van der Waals surface area (Å²) in [6.07, 6.45) is 0. The normalized spacial score (nSPS) is 10.9. The third-order valence-electron chi connectivity index (χ3n) is 5.29. The predicted octanol–water partition coefficient (Wildman–Crippen LogP) is 3.63. The second kappa shape index (κ2) is 10.9. The lowest BCUT2D eigenvalue weighted by molar-refractivity contribution is -0.114. The van der Waals surface area contributed by atoms with Crippen molar-refractivity contribution in [2.75, 3.05) is 37.5 Å². The van der Waals surface area contributed by atoms with Gasteiger partial charge in [0.2, 0.25) is 5.91 Å². The molecule has 0 aliphatic rings. The molecule has 0 spiro atoms. The first-order valence-corrected chi connectivity index (χ1v) is 11.9. The van der Waals surface area contributed by atoms with Gasteiger partial charge in [0.25, 0.3) is 10.0 Å². The zero-order valence-corrected chi connectivity index (χ0v) is 20.6. The number of esters is 1. The standard InChI is InChI=1S/C25H26N2O7S/c1-17-20(25(29)34-4)11-8-12-21(17)26-24(28)16-27(35(30,31)19-9-6-5-7-10-19)18-13-14-22(32-2)23(15-18)33-3/h5-15H,16H2,1-4H3,(H,26,28). The Morgan fingerprint density at radius 2 is 1.57 bits per heavy atom. The van der Waals surface area contributed by atoms with E-state index in [1.54, 1.807) is 49.4 Å². The first-order chi connectivity index (χ1) is 16.7. The largest absolute Gasteiger partial charge is 0.493 e. The monoisotopic (exact) mass is 498 g/mol. The molecule has 0 aliphatic carbocycles. The van der Waals surface area contributed by atoms with Crippen LogP contribution >= 0.6 is 0 Å². The number of nitrogens with one attached hydrogen (secondary N) is 1. The maximum Gasteiger partial charge on any atom is 0.338 e. The van der Waals surface area contributed by atoms with Gasteiger partial charge in [-0.25, -0.2) is 13.2 Å². The molecule has 9 nitrogen and oxygen atoms in total. The van der Waals surface area contributed by atoms with Crippen molar-refractivity contribution < 1.29 is 32.2 Å². The highest BCUT2D eigenvalue weighted by atomic mass is 32.2. The molecular weight excluding hydrogens is 472 g/mol. The van der Waals surface area contributed by atoms with Crippen molar-refractivity contribution in [1.82, 2.24) is 0 Å². The van der Waals surface area contributed by atoms with Crippen molar-refractivity contribution in [3.05, 3.63) is 77.9 Å². The molecule has 0 fully saturated rings. The minimum absolute atomic E-state index is 0.0199. The minimum atomic E-state index is -4.12. The summed E-state index contributed by atoms with van der Waals surface area (Å²) in [5.41, 5.74) is 1.36. The Labute approximate surface area is 204 Å². The fourth-order valence-corrected chi connectivity index (χ4v) is 4.87. The molecule has 0 aliphatic heterocycles. The fourth-order valence-electron chi connectivity index (χ4n) is 3.44. The van der Waals surface area contributed by atoms with Gasteiger partial charge in [-0.3, -0.25) is 9.10 Å². The topological polar surface area (TPSA) is 111 Å². The van der Waals surface area contributed by atoms with Gasteiger partial charge in [-0.2, -0.15) is 0 Å². The second-order valence-electron chi connectivity index (χ2n) is 7.38. The highest BCUT2D eigenvalue weighted by Gasteiger charge is 2.28. The molecule has 0 radical (unpaired) electrons. The van der Waals surface area contributed by atoms with E-state index in [2.05, 4.69) is 5.32 Å². The SMILES string of the molecule is COC(=O)c1cccc(NC(=O)CN(c2ccc(OC)c(OC)c2)S(=O)(=O)c2ccccc2)c1C. The third kappa shape index (κ3) is 5.55. The van der Waals surface area contributed by atoms with Crippen molar-refractivity contribution in [3.63, 3.8) is 0 Å². The van der Waals surface area contributed by atoms with Crippen LogP contribution in [0.4, 0.5) is 11.4 Å². The van der Waals surface area contributed by atoms with Gasteiger partial charge in [-0.15, -0.1) is 0 Å². The molecule has 0 saturated heterocycles. The molecule has 3 aromatic rings. The summed E-state index contributed by atoms with van der Waals surface area (Å²) >= 11 is 0. The van der Waals surface area contributed by atoms with E-state index in [1.165, 1.54) is 45.6 Å². The van der Waals surface area contributed by atoms with E-state index in [1.807, 2.05) is 0 Å². The van der Waals surface area contributed by atoms with Crippen LogP contribution in [0, 0.1) is 6.92 Å². The number of methoxy groups -OCH3 is 3. The number of carbonyl (C=O) groups is 2. The number of hydrogen-bond acceptors (Lipinski definition) is 7. The van der Waals surface area contributed by atoms with Crippen LogP contribution in [0.3, 0.4) is 0 Å². The van der Waals surface area contributed by atoms with Gasteiger partial charge in [0.1, 0.15) is 6.54 Å².